The highest BCUT2D eigenvalue weighted by molar-refractivity contribution is 8.26. The number of hydrazine groups is 1. The Labute approximate surface area is 194 Å². The first-order valence-corrected chi connectivity index (χ1v) is 10.7. The molecule has 166 valence electrons. The van der Waals surface area contributed by atoms with E-state index in [-0.39, 0.29) is 29.7 Å². The normalized spacial score (nSPS) is 14.5. The number of thiocarbonyl (C=S) groups is 1. The van der Waals surface area contributed by atoms with Crippen molar-refractivity contribution in [2.24, 2.45) is 0 Å². The Bertz CT molecular complexity index is 1070. The van der Waals surface area contributed by atoms with Crippen molar-refractivity contribution in [1.29, 1.82) is 0 Å². The van der Waals surface area contributed by atoms with Crippen LogP contribution in [-0.2, 0) is 20.8 Å². The fourth-order valence-electron chi connectivity index (χ4n) is 2.80. The van der Waals surface area contributed by atoms with E-state index in [4.69, 9.17) is 26.8 Å². The number of benzene rings is 2. The molecular formula is C22H20N2O6S2. The van der Waals surface area contributed by atoms with E-state index in [1.165, 1.54) is 7.11 Å². The summed E-state index contributed by atoms with van der Waals surface area (Å²) in [5.74, 6) is -0.943. The molecule has 1 aliphatic rings. The van der Waals surface area contributed by atoms with Crippen molar-refractivity contribution in [2.75, 3.05) is 13.7 Å². The van der Waals surface area contributed by atoms with Crippen LogP contribution in [0.2, 0.25) is 0 Å². The van der Waals surface area contributed by atoms with Crippen molar-refractivity contribution in [1.82, 2.24) is 10.4 Å². The zero-order valence-corrected chi connectivity index (χ0v) is 18.7. The molecule has 2 aromatic rings. The predicted octanol–water partition coefficient (Wildman–Crippen LogP) is 3.02. The predicted molar refractivity (Wildman–Crippen MR) is 124 cm³/mol. The van der Waals surface area contributed by atoms with Gasteiger partial charge in [0.25, 0.3) is 5.91 Å². The standard InChI is InChI=1S/C22H20N2O6S2/c1-29-17-11-15(7-8-16(17)30-10-9-20(26)27)12-18-21(28)24(22(31)32-18)23-19(25)13-14-5-3-2-4-6-14/h2-8,11-12H,9-10,13H2,1H3,(H,23,25)(H,26,27)/b18-12+. The molecule has 32 heavy (non-hydrogen) atoms. The van der Waals surface area contributed by atoms with Crippen LogP contribution in [0.5, 0.6) is 11.5 Å². The second-order valence-corrected chi connectivity index (χ2v) is 8.29. The van der Waals surface area contributed by atoms with E-state index in [0.29, 0.717) is 22.0 Å². The maximum atomic E-state index is 12.8. The number of carbonyl (C=O) groups excluding carboxylic acids is 2. The maximum Gasteiger partial charge on any atom is 0.306 e. The summed E-state index contributed by atoms with van der Waals surface area (Å²) >= 11 is 6.33. The molecule has 0 unspecified atom stereocenters. The highest BCUT2D eigenvalue weighted by Crippen LogP contribution is 2.34. The molecule has 2 N–H and O–H groups in total. The minimum Gasteiger partial charge on any atom is -0.493 e. The molecule has 2 amide bonds. The summed E-state index contributed by atoms with van der Waals surface area (Å²) in [6.07, 6.45) is 1.62. The fraction of sp³-hybridized carbons (Fsp3) is 0.182. The highest BCUT2D eigenvalue weighted by atomic mass is 32.2. The van der Waals surface area contributed by atoms with Crippen LogP contribution >= 0.6 is 24.0 Å². The summed E-state index contributed by atoms with van der Waals surface area (Å²) in [7, 11) is 1.46. The van der Waals surface area contributed by atoms with Gasteiger partial charge in [-0.05, 0) is 41.6 Å². The van der Waals surface area contributed by atoms with Gasteiger partial charge in [-0.2, -0.15) is 5.01 Å². The Morgan fingerprint density at radius 3 is 2.62 bits per heavy atom. The number of methoxy groups -OCH3 is 1. The van der Waals surface area contributed by atoms with Gasteiger partial charge in [0, 0.05) is 0 Å². The number of ether oxygens (including phenoxy) is 2. The fourth-order valence-corrected chi connectivity index (χ4v) is 3.98. The van der Waals surface area contributed by atoms with Crippen LogP contribution in [0.1, 0.15) is 17.5 Å². The van der Waals surface area contributed by atoms with Crippen LogP contribution in [-0.4, -0.2) is 45.9 Å². The third kappa shape index (κ3) is 6.08. The van der Waals surface area contributed by atoms with Crippen LogP contribution < -0.4 is 14.9 Å². The van der Waals surface area contributed by atoms with Crippen molar-refractivity contribution in [3.05, 3.63) is 64.6 Å². The van der Waals surface area contributed by atoms with E-state index in [2.05, 4.69) is 5.43 Å². The molecule has 1 fully saturated rings. The quantitative estimate of drug-likeness (QED) is 0.424. The number of hydrogen-bond acceptors (Lipinski definition) is 7. The van der Waals surface area contributed by atoms with Crippen molar-refractivity contribution < 1.29 is 29.0 Å². The van der Waals surface area contributed by atoms with Gasteiger partial charge in [-0.1, -0.05) is 48.2 Å². The van der Waals surface area contributed by atoms with Crippen LogP contribution in [0.4, 0.5) is 0 Å². The Morgan fingerprint density at radius 2 is 1.94 bits per heavy atom. The molecule has 1 heterocycles. The lowest BCUT2D eigenvalue weighted by molar-refractivity contribution is -0.137. The number of hydrogen-bond donors (Lipinski definition) is 2. The number of carbonyl (C=O) groups is 3. The topological polar surface area (TPSA) is 105 Å². The minimum absolute atomic E-state index is 0.00633. The molecule has 0 atom stereocenters. The van der Waals surface area contributed by atoms with E-state index in [1.54, 1.807) is 24.3 Å². The van der Waals surface area contributed by atoms with Gasteiger partial charge in [0.1, 0.15) is 0 Å². The first kappa shape index (κ1) is 23.3. The van der Waals surface area contributed by atoms with E-state index in [0.717, 1.165) is 22.3 Å². The zero-order chi connectivity index (χ0) is 23.1. The molecule has 8 nitrogen and oxygen atoms in total. The highest BCUT2D eigenvalue weighted by Gasteiger charge is 2.33. The van der Waals surface area contributed by atoms with Gasteiger partial charge in [-0.3, -0.25) is 19.8 Å². The van der Waals surface area contributed by atoms with Crippen LogP contribution in [0.15, 0.2) is 53.4 Å². The van der Waals surface area contributed by atoms with Crippen LogP contribution in [0, 0.1) is 0 Å². The Kier molecular flexibility index (Phi) is 7.85. The van der Waals surface area contributed by atoms with Gasteiger partial charge in [0.15, 0.2) is 15.8 Å². The number of thioether (sulfide) groups is 1. The molecule has 1 aliphatic heterocycles. The van der Waals surface area contributed by atoms with Gasteiger partial charge in [0.05, 0.1) is 31.5 Å². The van der Waals surface area contributed by atoms with Crippen LogP contribution in [0.3, 0.4) is 0 Å². The van der Waals surface area contributed by atoms with E-state index >= 15 is 0 Å². The molecule has 0 radical (unpaired) electrons. The summed E-state index contributed by atoms with van der Waals surface area (Å²) in [5, 5.41) is 9.79. The largest absolute Gasteiger partial charge is 0.493 e. The summed E-state index contributed by atoms with van der Waals surface area (Å²) < 4.78 is 11.0. The summed E-state index contributed by atoms with van der Waals surface area (Å²) in [4.78, 5) is 36.1. The smallest absolute Gasteiger partial charge is 0.306 e. The van der Waals surface area contributed by atoms with Crippen molar-refractivity contribution in [2.45, 2.75) is 12.8 Å². The van der Waals surface area contributed by atoms with Crippen molar-refractivity contribution in [3.8, 4) is 11.5 Å². The van der Waals surface area contributed by atoms with Crippen molar-refractivity contribution in [3.63, 3.8) is 0 Å². The first-order valence-electron chi connectivity index (χ1n) is 9.51. The molecule has 0 aliphatic carbocycles. The number of nitrogens with one attached hydrogen (secondary N) is 1. The molecule has 1 saturated heterocycles. The first-order chi connectivity index (χ1) is 15.4. The van der Waals surface area contributed by atoms with E-state index in [9.17, 15) is 14.4 Å². The van der Waals surface area contributed by atoms with E-state index in [1.807, 2.05) is 30.3 Å². The molecule has 0 bridgehead atoms. The van der Waals surface area contributed by atoms with Gasteiger partial charge in [0.2, 0.25) is 5.91 Å². The number of aliphatic carboxylic acids is 1. The average Bonchev–Trinajstić information content (AvgIpc) is 3.02. The SMILES string of the molecule is COc1cc(/C=C2/SC(=S)N(NC(=O)Cc3ccccc3)C2=O)ccc1OCCC(=O)O. The van der Waals surface area contributed by atoms with Gasteiger partial charge in [-0.25, -0.2) is 0 Å². The van der Waals surface area contributed by atoms with Crippen LogP contribution in [0.25, 0.3) is 6.08 Å². The lowest BCUT2D eigenvalue weighted by Gasteiger charge is -2.15. The van der Waals surface area contributed by atoms with Gasteiger partial charge < -0.3 is 14.6 Å². The second kappa shape index (κ2) is 10.8. The van der Waals surface area contributed by atoms with E-state index < -0.39 is 11.9 Å². The lowest BCUT2D eigenvalue weighted by Crippen LogP contribution is -2.45. The number of carboxylic acids is 1. The zero-order valence-electron chi connectivity index (χ0n) is 17.1. The third-order valence-electron chi connectivity index (χ3n) is 4.30. The van der Waals surface area contributed by atoms with Gasteiger partial charge in [-0.15, -0.1) is 0 Å². The molecule has 0 spiro atoms. The molecular weight excluding hydrogens is 452 g/mol. The molecule has 2 aromatic carbocycles. The molecule has 3 rings (SSSR count). The maximum absolute atomic E-state index is 12.8. The summed E-state index contributed by atoms with van der Waals surface area (Å²) in [6.45, 7) is 0.00633. The minimum atomic E-state index is -0.960. The van der Waals surface area contributed by atoms with Gasteiger partial charge >= 0.3 is 5.97 Å². The number of amides is 2. The Balaban J connectivity index is 1.68. The second-order valence-electron chi connectivity index (χ2n) is 6.62. The average molecular weight is 473 g/mol. The Hall–Kier alpha value is -3.37. The number of carboxylic acid groups (broad SMARTS) is 1. The summed E-state index contributed by atoms with van der Waals surface area (Å²) in [5.41, 5.74) is 4.03. The molecule has 0 aromatic heterocycles. The van der Waals surface area contributed by atoms with Crippen molar-refractivity contribution >= 4 is 52.2 Å². The third-order valence-corrected chi connectivity index (χ3v) is 5.60. The number of rotatable bonds is 9. The monoisotopic (exact) mass is 472 g/mol. The molecule has 0 saturated carbocycles. The summed E-state index contributed by atoms with van der Waals surface area (Å²) in [6, 6.07) is 14.2. The Morgan fingerprint density at radius 1 is 1.19 bits per heavy atom. The number of nitrogens with zero attached hydrogens (tertiary/aromatic N) is 1. The molecule has 10 heteroatoms. The lowest BCUT2D eigenvalue weighted by atomic mass is 10.1.